The van der Waals surface area contributed by atoms with Gasteiger partial charge < -0.3 is 25.5 Å². The van der Waals surface area contributed by atoms with E-state index >= 15 is 0 Å². The van der Waals surface area contributed by atoms with Gasteiger partial charge in [-0.3, -0.25) is 19.0 Å². The number of hydrogen-bond acceptors (Lipinski definition) is 11. The molecule has 1 atom stereocenters. The number of halogens is 4. The zero-order chi connectivity index (χ0) is 37.9. The summed E-state index contributed by atoms with van der Waals surface area (Å²) in [5.41, 5.74) is 6.17. The van der Waals surface area contributed by atoms with Crippen LogP contribution in [0.1, 0.15) is 56.4 Å². The fourth-order valence-corrected chi connectivity index (χ4v) is 8.30. The van der Waals surface area contributed by atoms with Gasteiger partial charge in [0, 0.05) is 54.7 Å². The van der Waals surface area contributed by atoms with Crippen LogP contribution in [0.25, 0.3) is 16.5 Å². The van der Waals surface area contributed by atoms with Crippen molar-refractivity contribution in [3.63, 3.8) is 0 Å². The van der Waals surface area contributed by atoms with E-state index in [1.807, 2.05) is 13.1 Å². The molecule has 0 saturated carbocycles. The second-order valence-corrected chi connectivity index (χ2v) is 14.5. The van der Waals surface area contributed by atoms with Crippen LogP contribution in [0, 0.1) is 6.92 Å². The van der Waals surface area contributed by atoms with E-state index in [1.54, 1.807) is 18.7 Å². The van der Waals surface area contributed by atoms with Crippen LogP contribution in [-0.2, 0) is 30.4 Å². The minimum absolute atomic E-state index is 0.0205. The molecule has 278 valence electrons. The highest BCUT2D eigenvalue weighted by atomic mass is 35.5. The minimum atomic E-state index is -4.69. The number of likely N-dealkylation sites (N-methyl/N-ethyl adjacent to an activating group) is 1. The maximum Gasteiger partial charge on any atom is 0.416 e. The summed E-state index contributed by atoms with van der Waals surface area (Å²) in [6, 6.07) is 3.14. The van der Waals surface area contributed by atoms with E-state index in [1.165, 1.54) is 32.0 Å². The molecule has 1 unspecified atom stereocenters. The first-order valence-corrected chi connectivity index (χ1v) is 17.9. The molecule has 0 aliphatic carbocycles. The van der Waals surface area contributed by atoms with Gasteiger partial charge in [-0.05, 0) is 50.6 Å². The predicted octanol–water partition coefficient (Wildman–Crippen LogP) is 3.68. The molecule has 6 heterocycles. The molecule has 2 aliphatic heterocycles. The van der Waals surface area contributed by atoms with Gasteiger partial charge >= 0.3 is 6.18 Å². The highest BCUT2D eigenvalue weighted by Gasteiger charge is 2.36. The number of thiophene rings is 1. The van der Waals surface area contributed by atoms with Crippen molar-refractivity contribution in [2.45, 2.75) is 45.5 Å². The second-order valence-electron chi connectivity index (χ2n) is 13.0. The van der Waals surface area contributed by atoms with Crippen LogP contribution in [0.3, 0.4) is 0 Å². The summed E-state index contributed by atoms with van der Waals surface area (Å²) < 4.78 is 43.4. The highest BCUT2D eigenvalue weighted by molar-refractivity contribution is 7.15. The first kappa shape index (κ1) is 36.3. The Labute approximate surface area is 309 Å². The van der Waals surface area contributed by atoms with E-state index in [0.717, 1.165) is 47.8 Å². The third-order valence-electron chi connectivity index (χ3n) is 9.62. The van der Waals surface area contributed by atoms with Crippen molar-refractivity contribution in [3.8, 4) is 16.5 Å². The Balaban J connectivity index is 1.37. The number of primary amides is 1. The number of rotatable bonds is 7. The SMILES string of the molecule is CCc1c(N2CCN(C(=O)c3ncnc(C)c3O)CC2)c(=O)n2nc(-c3cc4c(s3)CCN(C)C4)nc2n1C(C(N)=O)c1ccc(C(F)(F)F)cc1Cl. The van der Waals surface area contributed by atoms with E-state index in [-0.39, 0.29) is 77.6 Å². The molecule has 53 heavy (non-hydrogen) atoms. The summed E-state index contributed by atoms with van der Waals surface area (Å²) >= 11 is 7.99. The zero-order valence-corrected chi connectivity index (χ0v) is 30.4. The molecule has 0 radical (unpaired) electrons. The van der Waals surface area contributed by atoms with E-state index < -0.39 is 35.2 Å². The van der Waals surface area contributed by atoms with Gasteiger partial charge in [0.15, 0.2) is 17.3 Å². The monoisotopic (exact) mass is 770 g/mol. The van der Waals surface area contributed by atoms with Gasteiger partial charge in [-0.1, -0.05) is 24.6 Å². The van der Waals surface area contributed by atoms with E-state index in [4.69, 9.17) is 22.3 Å². The lowest BCUT2D eigenvalue weighted by Gasteiger charge is -2.37. The lowest BCUT2D eigenvalue weighted by atomic mass is 10.0. The van der Waals surface area contributed by atoms with Crippen molar-refractivity contribution >= 4 is 46.2 Å². The lowest BCUT2D eigenvalue weighted by Crippen LogP contribution is -2.51. The molecule has 2 aliphatic rings. The standard InChI is InChI=1S/C34H34ClF3N10O4S/c1-4-22-27(45-9-11-46(12-10-45)31(51)25-28(49)17(2)40-16-41-25)32(52)48-33(42-30(43-48)24-13-18-15-44(3)8-7-23(18)53-24)47(22)26(29(39)50)20-6-5-19(14-21(20)35)34(36,37)38/h5-6,13-14,16,26,49H,4,7-12,15H2,1-3H3,(H2,39,50). The van der Waals surface area contributed by atoms with Crippen molar-refractivity contribution in [3.05, 3.63) is 84.6 Å². The number of carbonyl (C=O) groups excluding carboxylic acids is 2. The van der Waals surface area contributed by atoms with Crippen molar-refractivity contribution in [2.24, 2.45) is 5.73 Å². The van der Waals surface area contributed by atoms with Crippen LogP contribution < -0.4 is 16.2 Å². The van der Waals surface area contributed by atoms with Crippen LogP contribution >= 0.6 is 22.9 Å². The molecule has 3 N–H and O–H groups in total. The summed E-state index contributed by atoms with van der Waals surface area (Å²) in [7, 11) is 2.02. The number of alkyl halides is 3. The molecular weight excluding hydrogens is 737 g/mol. The summed E-state index contributed by atoms with van der Waals surface area (Å²) in [5, 5.41) is 14.7. The van der Waals surface area contributed by atoms with Gasteiger partial charge in [0.1, 0.15) is 18.1 Å². The van der Waals surface area contributed by atoms with Crippen molar-refractivity contribution in [1.29, 1.82) is 0 Å². The largest absolute Gasteiger partial charge is 0.504 e. The molecular formula is C34H34ClF3N10O4S. The number of amides is 2. The van der Waals surface area contributed by atoms with Crippen molar-refractivity contribution in [1.82, 2.24) is 38.9 Å². The topological polar surface area (TPSA) is 168 Å². The third kappa shape index (κ3) is 6.48. The van der Waals surface area contributed by atoms with Crippen LogP contribution in [0.5, 0.6) is 5.75 Å². The number of nitrogens with zero attached hydrogens (tertiary/aromatic N) is 9. The maximum atomic E-state index is 14.5. The number of carbonyl (C=O) groups is 2. The van der Waals surface area contributed by atoms with Crippen molar-refractivity contribution < 1.29 is 27.9 Å². The Morgan fingerprint density at radius 1 is 1.11 bits per heavy atom. The number of nitrogens with two attached hydrogens (primary N) is 1. The molecule has 14 nitrogen and oxygen atoms in total. The van der Waals surface area contributed by atoms with Gasteiger partial charge in [-0.25, -0.2) is 9.97 Å². The molecule has 0 bridgehead atoms. The normalized spacial score (nSPS) is 15.9. The quantitative estimate of drug-likeness (QED) is 0.249. The Kier molecular flexibility index (Phi) is 9.40. The van der Waals surface area contributed by atoms with Gasteiger partial charge in [0.25, 0.3) is 11.5 Å². The first-order valence-electron chi connectivity index (χ1n) is 16.7. The number of benzene rings is 1. The number of hydrogen-bond donors (Lipinski definition) is 2. The fourth-order valence-electron chi connectivity index (χ4n) is 6.92. The Bertz CT molecular complexity index is 2330. The number of fused-ring (bicyclic) bond motifs is 2. The number of aryl methyl sites for hydroxylation is 1. The van der Waals surface area contributed by atoms with Crippen LogP contribution in [0.15, 0.2) is 35.4 Å². The number of anilines is 1. The molecule has 1 aromatic carbocycles. The molecule has 5 aromatic rings. The second kappa shape index (κ2) is 13.7. The van der Waals surface area contributed by atoms with Crippen molar-refractivity contribution in [2.75, 3.05) is 44.7 Å². The van der Waals surface area contributed by atoms with Gasteiger partial charge in [-0.2, -0.15) is 22.7 Å². The smallest absolute Gasteiger partial charge is 0.416 e. The third-order valence-corrected chi connectivity index (χ3v) is 11.2. The average molecular weight is 771 g/mol. The van der Waals surface area contributed by atoms with Gasteiger partial charge in [0.2, 0.25) is 11.7 Å². The van der Waals surface area contributed by atoms with Gasteiger partial charge in [0.05, 0.1) is 21.8 Å². The fraction of sp³-hybridized carbons (Fsp3) is 0.382. The zero-order valence-electron chi connectivity index (χ0n) is 28.8. The molecule has 7 rings (SSSR count). The molecule has 1 fully saturated rings. The molecule has 0 spiro atoms. The Morgan fingerprint density at radius 2 is 1.85 bits per heavy atom. The Hall–Kier alpha value is -5.07. The number of aromatic hydroxyl groups is 1. The Morgan fingerprint density at radius 3 is 2.51 bits per heavy atom. The first-order chi connectivity index (χ1) is 25.2. The van der Waals surface area contributed by atoms with E-state index in [0.29, 0.717) is 10.6 Å². The van der Waals surface area contributed by atoms with Crippen LogP contribution in [0.4, 0.5) is 18.9 Å². The number of piperazine rings is 1. The van der Waals surface area contributed by atoms with E-state index in [9.17, 15) is 32.7 Å². The van der Waals surface area contributed by atoms with Crippen LogP contribution in [0.2, 0.25) is 5.02 Å². The summed E-state index contributed by atoms with van der Waals surface area (Å²) in [6.07, 6.45) is -2.50. The molecule has 1 saturated heterocycles. The summed E-state index contributed by atoms with van der Waals surface area (Å²) in [5.74, 6) is -1.59. The summed E-state index contributed by atoms with van der Waals surface area (Å²) in [4.78, 5) is 61.3. The average Bonchev–Trinajstić information content (AvgIpc) is 3.75. The molecule has 19 heteroatoms. The number of aromatic nitrogens is 6. The highest BCUT2D eigenvalue weighted by Crippen LogP contribution is 2.38. The summed E-state index contributed by atoms with van der Waals surface area (Å²) in [6.45, 7) is 5.55. The van der Waals surface area contributed by atoms with Gasteiger partial charge in [-0.15, -0.1) is 16.4 Å². The molecule has 2 amide bonds. The van der Waals surface area contributed by atoms with Crippen LogP contribution in [-0.4, -0.2) is 95.6 Å². The minimum Gasteiger partial charge on any atom is -0.504 e. The lowest BCUT2D eigenvalue weighted by molar-refractivity contribution is -0.137. The van der Waals surface area contributed by atoms with E-state index in [2.05, 4.69) is 20.0 Å². The maximum absolute atomic E-state index is 14.5. The predicted molar refractivity (Wildman–Crippen MR) is 190 cm³/mol. The molecule has 4 aromatic heterocycles.